The minimum atomic E-state index is -1.06. The number of halogens is 1. The number of esters is 1. The predicted octanol–water partition coefficient (Wildman–Crippen LogP) is 2.95. The van der Waals surface area contributed by atoms with E-state index in [-0.39, 0.29) is 17.3 Å². The first-order valence-corrected chi connectivity index (χ1v) is 9.76. The van der Waals surface area contributed by atoms with E-state index in [0.29, 0.717) is 11.3 Å². The van der Waals surface area contributed by atoms with Gasteiger partial charge in [-0.15, -0.1) is 0 Å². The van der Waals surface area contributed by atoms with Crippen molar-refractivity contribution in [2.75, 3.05) is 18.2 Å². The van der Waals surface area contributed by atoms with Gasteiger partial charge in [0.1, 0.15) is 18.0 Å². The van der Waals surface area contributed by atoms with Crippen molar-refractivity contribution in [3.8, 4) is 11.5 Å². The summed E-state index contributed by atoms with van der Waals surface area (Å²) >= 11 is 0. The Labute approximate surface area is 188 Å². The summed E-state index contributed by atoms with van der Waals surface area (Å²) in [7, 11) is 1.20. The van der Waals surface area contributed by atoms with Crippen molar-refractivity contribution in [1.82, 2.24) is 10.3 Å². The smallest absolute Gasteiger partial charge is 0.333 e. The Balaban J connectivity index is 1.60. The van der Waals surface area contributed by atoms with E-state index in [2.05, 4.69) is 15.6 Å². The highest BCUT2D eigenvalue weighted by molar-refractivity contribution is 6.04. The lowest BCUT2D eigenvalue weighted by Crippen LogP contribution is -2.36. The molecule has 33 heavy (non-hydrogen) atoms. The van der Waals surface area contributed by atoms with Crippen LogP contribution in [-0.4, -0.2) is 29.9 Å². The second-order valence-electron chi connectivity index (χ2n) is 6.82. The van der Waals surface area contributed by atoms with Crippen molar-refractivity contribution < 1.29 is 28.2 Å². The number of benzene rings is 2. The minimum Gasteiger partial charge on any atom is -0.467 e. The van der Waals surface area contributed by atoms with E-state index in [1.807, 2.05) is 0 Å². The molecular weight excluding hydrogens is 431 g/mol. The van der Waals surface area contributed by atoms with Crippen LogP contribution in [-0.2, 0) is 19.1 Å². The van der Waals surface area contributed by atoms with Crippen molar-refractivity contribution >= 4 is 29.3 Å². The lowest BCUT2D eigenvalue weighted by Gasteiger charge is -2.17. The van der Waals surface area contributed by atoms with Crippen LogP contribution in [0.3, 0.4) is 0 Å². The van der Waals surface area contributed by atoms with Crippen LogP contribution in [0.1, 0.15) is 18.0 Å². The maximum Gasteiger partial charge on any atom is 0.333 e. The van der Waals surface area contributed by atoms with Gasteiger partial charge in [-0.25, -0.2) is 14.2 Å². The molecule has 0 aliphatic carbocycles. The average Bonchev–Trinajstić information content (AvgIpc) is 2.79. The molecule has 0 saturated carbocycles. The van der Waals surface area contributed by atoms with Crippen molar-refractivity contribution in [2.45, 2.75) is 12.5 Å². The number of nitrogens with two attached hydrogens (primary N) is 1. The zero-order chi connectivity index (χ0) is 23.8. The summed E-state index contributed by atoms with van der Waals surface area (Å²) in [5.74, 6) is -2.38. The van der Waals surface area contributed by atoms with Gasteiger partial charge in [0.25, 0.3) is 0 Å². The molecule has 0 aliphatic rings. The number of hydrogen-bond acceptors (Lipinski definition) is 7. The van der Waals surface area contributed by atoms with Crippen molar-refractivity contribution in [3.63, 3.8) is 0 Å². The van der Waals surface area contributed by atoms with E-state index >= 15 is 0 Å². The van der Waals surface area contributed by atoms with Crippen LogP contribution >= 0.6 is 0 Å². The molecule has 1 atom stereocenters. The quantitative estimate of drug-likeness (QED) is 0.354. The zero-order valence-corrected chi connectivity index (χ0v) is 17.6. The molecule has 4 N–H and O–H groups in total. The maximum absolute atomic E-state index is 14.4. The normalized spacial score (nSPS) is 11.2. The highest BCUT2D eigenvalue weighted by Crippen LogP contribution is 2.27. The molecule has 0 spiro atoms. The number of carbonyl (C=O) groups is 3. The Morgan fingerprint density at radius 2 is 1.82 bits per heavy atom. The van der Waals surface area contributed by atoms with E-state index < -0.39 is 36.1 Å². The van der Waals surface area contributed by atoms with Crippen LogP contribution in [0.5, 0.6) is 11.5 Å². The number of ether oxygens (including phenoxy) is 2. The summed E-state index contributed by atoms with van der Waals surface area (Å²) < 4.78 is 24.5. The molecule has 2 aromatic carbocycles. The number of pyridine rings is 1. The molecule has 2 amide bonds. The first-order chi connectivity index (χ1) is 15.9. The van der Waals surface area contributed by atoms with Gasteiger partial charge in [-0.05, 0) is 23.8 Å². The predicted molar refractivity (Wildman–Crippen MR) is 118 cm³/mol. The highest BCUT2D eigenvalue weighted by atomic mass is 19.1. The lowest BCUT2D eigenvalue weighted by molar-refractivity contribution is -0.145. The molecule has 1 aromatic heterocycles. The topological polar surface area (TPSA) is 133 Å². The Bertz CT molecular complexity index is 1160. The van der Waals surface area contributed by atoms with E-state index in [9.17, 15) is 18.8 Å². The Morgan fingerprint density at radius 1 is 1.06 bits per heavy atom. The third-order valence-corrected chi connectivity index (χ3v) is 4.39. The van der Waals surface area contributed by atoms with Crippen LogP contribution in [0.25, 0.3) is 0 Å². The van der Waals surface area contributed by atoms with Gasteiger partial charge in [-0.2, -0.15) is 0 Å². The summed E-state index contributed by atoms with van der Waals surface area (Å²) in [6.07, 6.45) is 0.835. The van der Waals surface area contributed by atoms with Gasteiger partial charge in [0, 0.05) is 24.0 Å². The molecular formula is C23H21FN4O5. The third kappa shape index (κ3) is 6.50. The van der Waals surface area contributed by atoms with Crippen LogP contribution in [0.2, 0.25) is 0 Å². The summed E-state index contributed by atoms with van der Waals surface area (Å²) in [6.45, 7) is 0. The van der Waals surface area contributed by atoms with E-state index in [1.54, 1.807) is 30.3 Å². The third-order valence-electron chi connectivity index (χ3n) is 4.39. The first-order valence-electron chi connectivity index (χ1n) is 9.76. The molecule has 3 aromatic rings. The molecule has 3 rings (SSSR count). The number of hydrogen-bond donors (Lipinski definition) is 3. The molecule has 9 nitrogen and oxygen atoms in total. The molecule has 0 fully saturated rings. The number of anilines is 2. The van der Waals surface area contributed by atoms with Gasteiger partial charge in [0.05, 0.1) is 7.11 Å². The molecule has 0 unspecified atom stereocenters. The minimum absolute atomic E-state index is 0.0832. The van der Waals surface area contributed by atoms with Gasteiger partial charge in [-0.1, -0.05) is 30.3 Å². The molecule has 0 aliphatic heterocycles. The fourth-order valence-electron chi connectivity index (χ4n) is 2.88. The number of methoxy groups -OCH3 is 1. The monoisotopic (exact) mass is 452 g/mol. The van der Waals surface area contributed by atoms with Crippen LogP contribution in [0, 0.1) is 5.82 Å². The number of nitrogens with one attached hydrogen (secondary N) is 2. The lowest BCUT2D eigenvalue weighted by atomic mass is 10.1. The maximum atomic E-state index is 14.4. The number of nitrogen functional groups attached to an aromatic ring is 1. The van der Waals surface area contributed by atoms with Crippen LogP contribution in [0.15, 0.2) is 66.9 Å². The molecule has 1 heterocycles. The molecule has 0 saturated heterocycles. The Morgan fingerprint density at radius 3 is 2.48 bits per heavy atom. The number of aromatic nitrogens is 1. The first kappa shape index (κ1) is 23.2. The molecule has 0 radical (unpaired) electrons. The van der Waals surface area contributed by atoms with Gasteiger partial charge in [0.2, 0.25) is 11.8 Å². The Kier molecular flexibility index (Phi) is 7.53. The van der Waals surface area contributed by atoms with E-state index in [1.165, 1.54) is 37.6 Å². The molecule has 170 valence electrons. The fourth-order valence-corrected chi connectivity index (χ4v) is 2.88. The summed E-state index contributed by atoms with van der Waals surface area (Å²) in [4.78, 5) is 40.4. The standard InChI is InChI=1S/C23H21FN4O5/c1-32-23(31)22(14-5-3-2-4-6-14)28-21(30)13-20(29)27-15-7-8-18(17(24)11-15)33-16-9-10-26-19(25)12-16/h2-12,22H,13H2,1H3,(H2,25,26)(H,27,29)(H,28,30)/t22-/m0/s1. The van der Waals surface area contributed by atoms with Gasteiger partial charge in [-0.3, -0.25) is 9.59 Å². The summed E-state index contributed by atoms with van der Waals surface area (Å²) in [5.41, 5.74) is 6.20. The average molecular weight is 452 g/mol. The van der Waals surface area contributed by atoms with Crippen molar-refractivity contribution in [1.29, 1.82) is 0 Å². The molecule has 0 bridgehead atoms. The number of rotatable bonds is 8. The van der Waals surface area contributed by atoms with Crippen LogP contribution < -0.4 is 21.1 Å². The second kappa shape index (κ2) is 10.7. The zero-order valence-electron chi connectivity index (χ0n) is 17.6. The van der Waals surface area contributed by atoms with Gasteiger partial charge in [0.15, 0.2) is 17.6 Å². The van der Waals surface area contributed by atoms with Gasteiger partial charge >= 0.3 is 5.97 Å². The van der Waals surface area contributed by atoms with E-state index in [4.69, 9.17) is 15.2 Å². The highest BCUT2D eigenvalue weighted by Gasteiger charge is 2.24. The number of amides is 2. The number of carbonyl (C=O) groups excluding carboxylic acids is 3. The number of nitrogens with zero attached hydrogens (tertiary/aromatic N) is 1. The summed E-state index contributed by atoms with van der Waals surface area (Å²) in [6, 6.07) is 14.1. The van der Waals surface area contributed by atoms with Crippen LogP contribution in [0.4, 0.5) is 15.9 Å². The largest absolute Gasteiger partial charge is 0.467 e. The summed E-state index contributed by atoms with van der Waals surface area (Å²) in [5, 5.41) is 4.90. The second-order valence-corrected chi connectivity index (χ2v) is 6.82. The van der Waals surface area contributed by atoms with Gasteiger partial charge < -0.3 is 25.8 Å². The Hall–Kier alpha value is -4.47. The van der Waals surface area contributed by atoms with E-state index in [0.717, 1.165) is 6.07 Å². The fraction of sp³-hybridized carbons (Fsp3) is 0.130. The SMILES string of the molecule is COC(=O)[C@@H](NC(=O)CC(=O)Nc1ccc(Oc2ccnc(N)c2)c(F)c1)c1ccccc1. The van der Waals surface area contributed by atoms with Crippen molar-refractivity contribution in [2.24, 2.45) is 0 Å². The van der Waals surface area contributed by atoms with Crippen molar-refractivity contribution in [3.05, 3.63) is 78.2 Å². The molecule has 10 heteroatoms.